The van der Waals surface area contributed by atoms with Gasteiger partial charge in [-0.25, -0.2) is 4.39 Å². The molecule has 10 heavy (non-hydrogen) atoms. The first-order valence-electron chi connectivity index (χ1n) is 3.08. The molecular weight excluding hydrogens is 143 g/mol. The predicted molar refractivity (Wildman–Crippen MR) is 33.3 cm³/mol. The summed E-state index contributed by atoms with van der Waals surface area (Å²) in [6.45, 7) is 0.418. The molecule has 0 saturated heterocycles. The van der Waals surface area contributed by atoms with Gasteiger partial charge in [-0.2, -0.15) is 8.78 Å². The molecule has 0 heterocycles. The van der Waals surface area contributed by atoms with Crippen molar-refractivity contribution < 1.29 is 13.2 Å². The zero-order chi connectivity index (χ0) is 7.98. The van der Waals surface area contributed by atoms with Crippen molar-refractivity contribution in [2.75, 3.05) is 6.54 Å². The van der Waals surface area contributed by atoms with Crippen LogP contribution in [0.1, 0.15) is 19.3 Å². The molecule has 0 bridgehead atoms. The Morgan fingerprint density at radius 2 is 1.70 bits per heavy atom. The summed E-state index contributed by atoms with van der Waals surface area (Å²) in [6, 6.07) is 0. The Kier molecular flexibility index (Phi) is 5.02. The van der Waals surface area contributed by atoms with Crippen LogP contribution in [0, 0.1) is 0 Å². The maximum absolute atomic E-state index is 11.9. The van der Waals surface area contributed by atoms with Gasteiger partial charge in [0.1, 0.15) is 0 Å². The van der Waals surface area contributed by atoms with Crippen LogP contribution in [-0.2, 0) is 0 Å². The zero-order valence-corrected chi connectivity index (χ0v) is 5.54. The molecule has 0 spiro atoms. The summed E-state index contributed by atoms with van der Waals surface area (Å²) in [7, 11) is 0. The van der Waals surface area contributed by atoms with E-state index in [0.29, 0.717) is 19.4 Å². The second-order valence-electron chi connectivity index (χ2n) is 1.91. The number of unbranched alkanes of at least 4 members (excludes halogenated alkanes) is 1. The van der Waals surface area contributed by atoms with Crippen LogP contribution >= 0.6 is 0 Å². The molecule has 0 unspecified atom stereocenters. The molecule has 0 aliphatic carbocycles. The molecule has 0 aromatic heterocycles. The fraction of sp³-hybridized carbons (Fsp3) is 0.667. The van der Waals surface area contributed by atoms with E-state index in [-0.39, 0.29) is 6.42 Å². The topological polar surface area (TPSA) is 26.0 Å². The van der Waals surface area contributed by atoms with Gasteiger partial charge in [0.25, 0.3) is 0 Å². The molecule has 4 heteroatoms. The van der Waals surface area contributed by atoms with Crippen LogP contribution in [0.5, 0.6) is 0 Å². The maximum atomic E-state index is 11.9. The molecule has 0 radical (unpaired) electrons. The van der Waals surface area contributed by atoms with Crippen molar-refractivity contribution in [1.82, 2.24) is 0 Å². The molecule has 0 saturated carbocycles. The predicted octanol–water partition coefficient (Wildman–Crippen LogP) is 2.19. The van der Waals surface area contributed by atoms with E-state index in [4.69, 9.17) is 5.73 Å². The van der Waals surface area contributed by atoms with E-state index in [9.17, 15) is 13.2 Å². The van der Waals surface area contributed by atoms with Gasteiger partial charge in [-0.1, -0.05) is 0 Å². The average Bonchev–Trinajstić information content (AvgIpc) is 1.88. The molecule has 0 aliphatic rings. The number of rotatable bonds is 4. The van der Waals surface area contributed by atoms with E-state index in [2.05, 4.69) is 0 Å². The number of hydrogen-bond donors (Lipinski definition) is 1. The molecule has 0 aromatic carbocycles. The number of halogens is 3. The van der Waals surface area contributed by atoms with Gasteiger partial charge in [0.15, 0.2) is 5.83 Å². The SMILES string of the molecule is NCCCCC(F)=C(F)F. The van der Waals surface area contributed by atoms with Gasteiger partial charge in [-0.05, 0) is 19.4 Å². The van der Waals surface area contributed by atoms with Crippen LogP contribution in [0.25, 0.3) is 0 Å². The molecule has 0 amide bonds. The Bertz CT molecular complexity index is 118. The van der Waals surface area contributed by atoms with E-state index in [1.54, 1.807) is 0 Å². The van der Waals surface area contributed by atoms with Crippen molar-refractivity contribution in [2.24, 2.45) is 5.73 Å². The highest BCUT2D eigenvalue weighted by Gasteiger charge is 2.02. The summed E-state index contributed by atoms with van der Waals surface area (Å²) >= 11 is 0. The minimum atomic E-state index is -2.21. The summed E-state index contributed by atoms with van der Waals surface area (Å²) in [5.74, 6) is -1.31. The van der Waals surface area contributed by atoms with E-state index in [1.807, 2.05) is 0 Å². The molecule has 1 nitrogen and oxygen atoms in total. The fourth-order valence-corrected chi connectivity index (χ4v) is 0.519. The lowest BCUT2D eigenvalue weighted by Crippen LogP contribution is -1.97. The fourth-order valence-electron chi connectivity index (χ4n) is 0.519. The van der Waals surface area contributed by atoms with Crippen LogP contribution in [0.4, 0.5) is 13.2 Å². The van der Waals surface area contributed by atoms with Gasteiger partial charge in [-0.3, -0.25) is 0 Å². The minimum absolute atomic E-state index is 0.195. The van der Waals surface area contributed by atoms with E-state index in [0.717, 1.165) is 0 Å². The zero-order valence-electron chi connectivity index (χ0n) is 5.54. The van der Waals surface area contributed by atoms with Crippen molar-refractivity contribution >= 4 is 0 Å². The monoisotopic (exact) mass is 153 g/mol. The summed E-state index contributed by atoms with van der Waals surface area (Å²) in [5.41, 5.74) is 5.06. The first-order valence-corrected chi connectivity index (χ1v) is 3.08. The van der Waals surface area contributed by atoms with Gasteiger partial charge in [0.2, 0.25) is 0 Å². The normalized spacial score (nSPS) is 9.60. The highest BCUT2D eigenvalue weighted by atomic mass is 19.3. The van der Waals surface area contributed by atoms with Crippen molar-refractivity contribution in [1.29, 1.82) is 0 Å². The van der Waals surface area contributed by atoms with Gasteiger partial charge in [-0.15, -0.1) is 0 Å². The minimum Gasteiger partial charge on any atom is -0.330 e. The molecule has 2 N–H and O–H groups in total. The summed E-state index contributed by atoms with van der Waals surface area (Å²) in [5, 5.41) is 0. The second-order valence-corrected chi connectivity index (χ2v) is 1.91. The third-order valence-electron chi connectivity index (χ3n) is 1.06. The van der Waals surface area contributed by atoms with Crippen LogP contribution in [0.2, 0.25) is 0 Å². The van der Waals surface area contributed by atoms with Gasteiger partial charge in [0.05, 0.1) is 0 Å². The lowest BCUT2D eigenvalue weighted by atomic mass is 10.2. The lowest BCUT2D eigenvalue weighted by Gasteiger charge is -1.93. The van der Waals surface area contributed by atoms with Gasteiger partial charge >= 0.3 is 6.08 Å². The first kappa shape index (κ1) is 9.49. The summed E-state index contributed by atoms with van der Waals surface area (Å²) in [6.07, 6.45) is -1.43. The smallest absolute Gasteiger partial charge is 0.301 e. The van der Waals surface area contributed by atoms with E-state index < -0.39 is 11.9 Å². The number of allylic oxidation sites excluding steroid dienone is 1. The van der Waals surface area contributed by atoms with Crippen LogP contribution in [0.3, 0.4) is 0 Å². The van der Waals surface area contributed by atoms with Crippen molar-refractivity contribution in [3.8, 4) is 0 Å². The molecule has 0 rings (SSSR count). The van der Waals surface area contributed by atoms with Crippen molar-refractivity contribution in [3.05, 3.63) is 11.9 Å². The van der Waals surface area contributed by atoms with Crippen molar-refractivity contribution in [2.45, 2.75) is 19.3 Å². The third kappa shape index (κ3) is 4.38. The quantitative estimate of drug-likeness (QED) is 0.615. The average molecular weight is 153 g/mol. The molecule has 60 valence electrons. The number of nitrogens with two attached hydrogens (primary N) is 1. The number of hydrogen-bond acceptors (Lipinski definition) is 1. The Balaban J connectivity index is 3.40. The Hall–Kier alpha value is -0.510. The van der Waals surface area contributed by atoms with Crippen LogP contribution in [-0.4, -0.2) is 6.54 Å². The molecule has 0 atom stereocenters. The summed E-state index contributed by atoms with van der Waals surface area (Å²) in [4.78, 5) is 0. The highest BCUT2D eigenvalue weighted by Crippen LogP contribution is 2.15. The lowest BCUT2D eigenvalue weighted by molar-refractivity contribution is 0.368. The Morgan fingerprint density at radius 1 is 1.10 bits per heavy atom. The first-order chi connectivity index (χ1) is 4.68. The van der Waals surface area contributed by atoms with Crippen LogP contribution < -0.4 is 5.73 Å². The molecular formula is C6H10F3N. The molecule has 0 aliphatic heterocycles. The molecule has 0 aromatic rings. The van der Waals surface area contributed by atoms with Gasteiger partial charge in [0, 0.05) is 6.42 Å². The van der Waals surface area contributed by atoms with E-state index >= 15 is 0 Å². The Morgan fingerprint density at radius 3 is 2.10 bits per heavy atom. The van der Waals surface area contributed by atoms with Crippen molar-refractivity contribution in [3.63, 3.8) is 0 Å². The van der Waals surface area contributed by atoms with Gasteiger partial charge < -0.3 is 5.73 Å². The third-order valence-corrected chi connectivity index (χ3v) is 1.06. The van der Waals surface area contributed by atoms with E-state index in [1.165, 1.54) is 0 Å². The standard InChI is InChI=1S/C6H10F3N/c7-5(6(8)9)3-1-2-4-10/h1-4,10H2. The largest absolute Gasteiger partial charge is 0.330 e. The highest BCUT2D eigenvalue weighted by molar-refractivity contribution is 4.90. The maximum Gasteiger partial charge on any atom is 0.301 e. The molecule has 0 fully saturated rings. The Labute approximate surface area is 57.7 Å². The summed E-state index contributed by atoms with van der Waals surface area (Å²) < 4.78 is 34.6. The second kappa shape index (κ2) is 5.29. The van der Waals surface area contributed by atoms with Crippen LogP contribution in [0.15, 0.2) is 11.9 Å².